The fourth-order valence-electron chi connectivity index (χ4n) is 3.01. The number of hydrogen-bond acceptors (Lipinski definition) is 5. The Balaban J connectivity index is 1.51. The lowest BCUT2D eigenvalue weighted by Crippen LogP contribution is -2.46. The summed E-state index contributed by atoms with van der Waals surface area (Å²) in [5.41, 5.74) is 1.22. The summed E-state index contributed by atoms with van der Waals surface area (Å²) in [6, 6.07) is 10.2. The molecule has 2 unspecified atom stereocenters. The van der Waals surface area contributed by atoms with Crippen molar-refractivity contribution in [1.82, 2.24) is 9.88 Å². The summed E-state index contributed by atoms with van der Waals surface area (Å²) in [6.07, 6.45) is 3.34. The van der Waals surface area contributed by atoms with E-state index in [4.69, 9.17) is 0 Å². The Hall–Kier alpha value is -1.86. The van der Waals surface area contributed by atoms with Gasteiger partial charge in [-0.05, 0) is 25.3 Å². The summed E-state index contributed by atoms with van der Waals surface area (Å²) >= 11 is 3.05. The molecule has 2 aromatic rings. The molecular formula is C19H23N3O2S2. The maximum atomic E-state index is 12.8. The number of hydrogen-bond donors (Lipinski definition) is 1. The molecule has 0 spiro atoms. The molecule has 7 heteroatoms. The number of rotatable bonds is 6. The van der Waals surface area contributed by atoms with Crippen molar-refractivity contribution in [2.45, 2.75) is 30.8 Å². The van der Waals surface area contributed by atoms with Crippen LogP contribution in [-0.2, 0) is 15.3 Å². The number of thiazole rings is 1. The van der Waals surface area contributed by atoms with Crippen LogP contribution in [0.25, 0.3) is 0 Å². The van der Waals surface area contributed by atoms with Gasteiger partial charge in [0.05, 0.1) is 11.2 Å². The Bertz CT molecular complexity index is 722. The van der Waals surface area contributed by atoms with E-state index >= 15 is 0 Å². The first-order valence-electron chi connectivity index (χ1n) is 8.78. The van der Waals surface area contributed by atoms with Gasteiger partial charge in [0.1, 0.15) is 0 Å². The molecule has 26 heavy (non-hydrogen) atoms. The smallest absolute Gasteiger partial charge is 0.235 e. The molecule has 138 valence electrons. The molecule has 2 atom stereocenters. The van der Waals surface area contributed by atoms with E-state index in [-0.39, 0.29) is 23.0 Å². The van der Waals surface area contributed by atoms with Crippen LogP contribution in [-0.4, -0.2) is 40.0 Å². The number of piperidine rings is 1. The van der Waals surface area contributed by atoms with Crippen LogP contribution in [0.4, 0.5) is 5.13 Å². The van der Waals surface area contributed by atoms with Crippen LogP contribution in [0.3, 0.4) is 0 Å². The lowest BCUT2D eigenvalue weighted by molar-refractivity contribution is -0.133. The fourth-order valence-corrected chi connectivity index (χ4v) is 4.47. The van der Waals surface area contributed by atoms with E-state index in [1.54, 1.807) is 18.0 Å². The first-order valence-corrected chi connectivity index (χ1v) is 10.7. The second kappa shape index (κ2) is 9.19. The number of nitrogens with one attached hydrogen (secondary N) is 1. The van der Waals surface area contributed by atoms with Gasteiger partial charge in [-0.15, -0.1) is 23.1 Å². The van der Waals surface area contributed by atoms with E-state index in [0.717, 1.165) is 25.1 Å². The molecule has 1 aliphatic heterocycles. The van der Waals surface area contributed by atoms with Gasteiger partial charge in [-0.2, -0.15) is 0 Å². The van der Waals surface area contributed by atoms with Gasteiger partial charge in [-0.25, -0.2) is 4.98 Å². The maximum absolute atomic E-state index is 12.8. The predicted molar refractivity (Wildman–Crippen MR) is 107 cm³/mol. The Labute approximate surface area is 162 Å². The quantitative estimate of drug-likeness (QED) is 0.819. The number of carbonyl (C=O) groups excluding carboxylic acids is 2. The zero-order valence-corrected chi connectivity index (χ0v) is 16.4. The minimum atomic E-state index is -0.164. The molecule has 2 heterocycles. The Morgan fingerprint density at radius 2 is 2.19 bits per heavy atom. The fraction of sp³-hybridized carbons (Fsp3) is 0.421. The molecule has 0 aliphatic carbocycles. The zero-order chi connectivity index (χ0) is 18.4. The van der Waals surface area contributed by atoms with E-state index < -0.39 is 0 Å². The van der Waals surface area contributed by atoms with E-state index in [1.807, 2.05) is 35.4 Å². The molecule has 0 saturated carbocycles. The van der Waals surface area contributed by atoms with Crippen molar-refractivity contribution in [1.29, 1.82) is 0 Å². The molecule has 0 bridgehead atoms. The summed E-state index contributed by atoms with van der Waals surface area (Å²) in [6.45, 7) is 3.18. The number of aromatic nitrogens is 1. The van der Waals surface area contributed by atoms with Gasteiger partial charge in [0.2, 0.25) is 11.8 Å². The molecule has 3 rings (SSSR count). The van der Waals surface area contributed by atoms with Crippen LogP contribution in [0.15, 0.2) is 41.9 Å². The number of nitrogens with zero attached hydrogens (tertiary/aromatic N) is 2. The molecule has 1 fully saturated rings. The highest BCUT2D eigenvalue weighted by molar-refractivity contribution is 7.99. The van der Waals surface area contributed by atoms with Gasteiger partial charge in [0, 0.05) is 30.4 Å². The van der Waals surface area contributed by atoms with E-state index in [9.17, 15) is 9.59 Å². The first-order chi connectivity index (χ1) is 12.6. The van der Waals surface area contributed by atoms with Crippen molar-refractivity contribution in [2.24, 2.45) is 5.92 Å². The Morgan fingerprint density at radius 1 is 1.38 bits per heavy atom. The average molecular weight is 390 g/mol. The lowest BCUT2D eigenvalue weighted by Gasteiger charge is -2.33. The Kier molecular flexibility index (Phi) is 6.68. The molecular weight excluding hydrogens is 366 g/mol. The molecule has 0 radical (unpaired) electrons. The van der Waals surface area contributed by atoms with Gasteiger partial charge in [0.25, 0.3) is 0 Å². The number of likely N-dealkylation sites (tertiary alicyclic amines) is 1. The van der Waals surface area contributed by atoms with Crippen molar-refractivity contribution < 1.29 is 9.59 Å². The van der Waals surface area contributed by atoms with Gasteiger partial charge in [0.15, 0.2) is 5.13 Å². The van der Waals surface area contributed by atoms with Gasteiger partial charge in [-0.3, -0.25) is 9.59 Å². The maximum Gasteiger partial charge on any atom is 0.235 e. The van der Waals surface area contributed by atoms with Crippen LogP contribution in [0.1, 0.15) is 25.3 Å². The third-order valence-corrected chi connectivity index (χ3v) is 6.35. The summed E-state index contributed by atoms with van der Waals surface area (Å²) in [4.78, 5) is 31.1. The highest BCUT2D eigenvalue weighted by Gasteiger charge is 2.30. The van der Waals surface area contributed by atoms with Crippen molar-refractivity contribution in [3.05, 3.63) is 47.5 Å². The second-order valence-electron chi connectivity index (χ2n) is 6.39. The minimum absolute atomic E-state index is 0.0398. The average Bonchev–Trinajstić information content (AvgIpc) is 3.19. The third kappa shape index (κ3) is 5.08. The highest BCUT2D eigenvalue weighted by Crippen LogP contribution is 2.24. The van der Waals surface area contributed by atoms with Gasteiger partial charge < -0.3 is 10.2 Å². The lowest BCUT2D eigenvalue weighted by atomic mass is 9.97. The SMILES string of the molecule is CC(SCc1ccccc1)C(=O)N1CCCC(C(=O)Nc2nccs2)C1. The van der Waals surface area contributed by atoms with E-state index in [0.29, 0.717) is 11.7 Å². The molecule has 1 aromatic heterocycles. The summed E-state index contributed by atoms with van der Waals surface area (Å²) in [5, 5.41) is 5.18. The van der Waals surface area contributed by atoms with Crippen molar-refractivity contribution in [2.75, 3.05) is 18.4 Å². The van der Waals surface area contributed by atoms with Crippen molar-refractivity contribution >= 4 is 40.0 Å². The van der Waals surface area contributed by atoms with Crippen LogP contribution in [0, 0.1) is 5.92 Å². The third-order valence-electron chi connectivity index (χ3n) is 4.46. The molecule has 1 N–H and O–H groups in total. The molecule has 1 aromatic carbocycles. The largest absolute Gasteiger partial charge is 0.341 e. The topological polar surface area (TPSA) is 62.3 Å². The second-order valence-corrected chi connectivity index (χ2v) is 8.61. The van der Waals surface area contributed by atoms with Gasteiger partial charge >= 0.3 is 0 Å². The summed E-state index contributed by atoms with van der Waals surface area (Å²) in [7, 11) is 0. The molecule has 1 aliphatic rings. The standard InChI is InChI=1S/C19H23N3O2S2/c1-14(26-13-15-6-3-2-4-7-15)18(24)22-10-5-8-16(12-22)17(23)21-19-20-9-11-25-19/h2-4,6-7,9,11,14,16H,5,8,10,12-13H2,1H3,(H,20,21,23). The summed E-state index contributed by atoms with van der Waals surface area (Å²) in [5.74, 6) is 0.734. The predicted octanol–water partition coefficient (Wildman–Crippen LogP) is 3.64. The van der Waals surface area contributed by atoms with E-state index in [2.05, 4.69) is 22.4 Å². The minimum Gasteiger partial charge on any atom is -0.341 e. The van der Waals surface area contributed by atoms with Crippen molar-refractivity contribution in [3.63, 3.8) is 0 Å². The van der Waals surface area contributed by atoms with Crippen molar-refractivity contribution in [3.8, 4) is 0 Å². The van der Waals surface area contributed by atoms with E-state index in [1.165, 1.54) is 16.9 Å². The molecule has 1 saturated heterocycles. The zero-order valence-electron chi connectivity index (χ0n) is 14.8. The number of thioether (sulfide) groups is 1. The summed E-state index contributed by atoms with van der Waals surface area (Å²) < 4.78 is 0. The number of benzene rings is 1. The normalized spacial score (nSPS) is 18.3. The van der Waals surface area contributed by atoms with Crippen LogP contribution >= 0.6 is 23.1 Å². The number of carbonyl (C=O) groups is 2. The molecule has 2 amide bonds. The number of amides is 2. The monoisotopic (exact) mass is 389 g/mol. The first kappa shape index (κ1) is 18.9. The van der Waals surface area contributed by atoms with Crippen LogP contribution in [0.5, 0.6) is 0 Å². The van der Waals surface area contributed by atoms with Gasteiger partial charge in [-0.1, -0.05) is 30.3 Å². The highest BCUT2D eigenvalue weighted by atomic mass is 32.2. The Morgan fingerprint density at radius 3 is 2.92 bits per heavy atom. The van der Waals surface area contributed by atoms with Crippen LogP contribution in [0.2, 0.25) is 0 Å². The molecule has 5 nitrogen and oxygen atoms in total. The van der Waals surface area contributed by atoms with Crippen LogP contribution < -0.4 is 5.32 Å². The number of anilines is 1.